The van der Waals surface area contributed by atoms with Gasteiger partial charge in [-0.15, -0.1) is 4.36 Å². The Balaban J connectivity index is 2.41. The first kappa shape index (κ1) is 24.4. The highest BCUT2D eigenvalue weighted by atomic mass is 32.2. The number of aliphatic hydroxyl groups is 1. The summed E-state index contributed by atoms with van der Waals surface area (Å²) in [5, 5.41) is 15.8. The second-order valence-electron chi connectivity index (χ2n) is 8.78. The van der Waals surface area contributed by atoms with E-state index in [2.05, 4.69) is 4.36 Å². The molecule has 0 radical (unpaired) electrons. The van der Waals surface area contributed by atoms with Gasteiger partial charge in [0.05, 0.1) is 16.9 Å². The van der Waals surface area contributed by atoms with Gasteiger partial charge < -0.3 is 5.11 Å². The summed E-state index contributed by atoms with van der Waals surface area (Å²) < 4.78 is 44.9. The third-order valence-corrected chi connectivity index (χ3v) is 6.67. The second kappa shape index (κ2) is 8.69. The molecule has 0 aromatic heterocycles. The van der Waals surface area contributed by atoms with Crippen LogP contribution in [0.3, 0.4) is 0 Å². The minimum Gasteiger partial charge on any atom is -0.386 e. The van der Waals surface area contributed by atoms with Gasteiger partial charge in [-0.2, -0.15) is 0 Å². The average molecular weight is 441 g/mol. The first-order chi connectivity index (χ1) is 13.6. The van der Waals surface area contributed by atoms with Gasteiger partial charge in [-0.05, 0) is 66.2 Å². The Morgan fingerprint density at radius 3 is 2.10 bits per heavy atom. The monoisotopic (exact) mass is 440 g/mol. The summed E-state index contributed by atoms with van der Waals surface area (Å²) in [7, 11) is -3.80. The van der Waals surface area contributed by atoms with Gasteiger partial charge in [0.15, 0.2) is 0 Å². The van der Waals surface area contributed by atoms with Crippen molar-refractivity contribution in [1.82, 2.24) is 0 Å². The van der Waals surface area contributed by atoms with Crippen LogP contribution in [-0.4, -0.2) is 20.8 Å². The number of rotatable bonds is 6. The topological polar surface area (TPSA) is 92.8 Å². The van der Waals surface area contributed by atoms with Gasteiger partial charge in [0, 0.05) is 6.42 Å². The Labute approximate surface area is 177 Å². The zero-order chi connectivity index (χ0) is 23.0. The summed E-state index contributed by atoms with van der Waals surface area (Å²) in [6, 6.07) is 2.77. The van der Waals surface area contributed by atoms with E-state index in [1.165, 1.54) is 26.0 Å². The Morgan fingerprint density at radius 1 is 1.20 bits per heavy atom. The van der Waals surface area contributed by atoms with Crippen LogP contribution in [0.2, 0.25) is 0 Å². The van der Waals surface area contributed by atoms with Crippen LogP contribution in [0.5, 0.6) is 0 Å². The number of benzene rings is 1. The molecular weight excluding hydrogens is 410 g/mol. The van der Waals surface area contributed by atoms with Crippen LogP contribution in [0.15, 0.2) is 38.9 Å². The van der Waals surface area contributed by atoms with E-state index in [0.717, 1.165) is 6.08 Å². The van der Waals surface area contributed by atoms with E-state index < -0.39 is 27.3 Å². The maximum absolute atomic E-state index is 14.3. The molecule has 1 aliphatic rings. The summed E-state index contributed by atoms with van der Waals surface area (Å²) >= 11 is 0. The fraction of sp³-hybridized carbons (Fsp3) is 0.500. The van der Waals surface area contributed by atoms with Gasteiger partial charge in [0.2, 0.25) is 0 Å². The third-order valence-electron chi connectivity index (χ3n) is 5.15. The lowest BCUT2D eigenvalue weighted by Crippen LogP contribution is -2.23. The third kappa shape index (κ3) is 5.42. The molecule has 8 heteroatoms. The van der Waals surface area contributed by atoms with Gasteiger partial charge in [-0.3, -0.25) is 4.79 Å². The molecule has 1 aliphatic carbocycles. The minimum atomic E-state index is -3.80. The second-order valence-corrected chi connectivity index (χ2v) is 10.6. The molecular formula is C22H30F2N2O3S. The maximum Gasteiger partial charge on any atom is 0.259 e. The van der Waals surface area contributed by atoms with Crippen LogP contribution in [0.1, 0.15) is 76.5 Å². The van der Waals surface area contributed by atoms with E-state index in [9.17, 15) is 22.9 Å². The first-order valence-electron chi connectivity index (χ1n) is 9.85. The van der Waals surface area contributed by atoms with Crippen molar-refractivity contribution in [2.75, 3.05) is 0 Å². The van der Waals surface area contributed by atoms with E-state index in [0.29, 0.717) is 22.3 Å². The van der Waals surface area contributed by atoms with Crippen LogP contribution in [-0.2, 0) is 21.1 Å². The van der Waals surface area contributed by atoms with E-state index in [4.69, 9.17) is 5.14 Å². The molecule has 0 saturated heterocycles. The molecule has 0 fully saturated rings. The Hall–Kier alpha value is -1.90. The molecule has 0 saturated carbocycles. The van der Waals surface area contributed by atoms with E-state index in [-0.39, 0.29) is 35.4 Å². The Kier molecular flexibility index (Phi) is 7.06. The Bertz CT molecular complexity index is 1010. The Morgan fingerprint density at radius 2 is 1.70 bits per heavy atom. The summed E-state index contributed by atoms with van der Waals surface area (Å²) in [5.74, 6) is -2.09. The number of amides is 1. The van der Waals surface area contributed by atoms with Gasteiger partial charge in [0.25, 0.3) is 5.91 Å². The minimum absolute atomic E-state index is 0.0447. The molecule has 5 nitrogen and oxygen atoms in total. The number of hydrogen-bond donors (Lipinski definition) is 2. The van der Waals surface area contributed by atoms with Crippen LogP contribution in [0, 0.1) is 5.82 Å². The van der Waals surface area contributed by atoms with Crippen molar-refractivity contribution in [2.45, 2.75) is 71.8 Å². The van der Waals surface area contributed by atoms with Crippen molar-refractivity contribution >= 4 is 15.8 Å². The van der Waals surface area contributed by atoms with Gasteiger partial charge in [-0.1, -0.05) is 27.7 Å². The molecule has 1 amide bonds. The lowest BCUT2D eigenvalue weighted by Gasteiger charge is -2.20. The van der Waals surface area contributed by atoms with Crippen molar-refractivity contribution in [3.05, 3.63) is 57.0 Å². The predicted molar refractivity (Wildman–Crippen MR) is 115 cm³/mol. The molecule has 2 rings (SSSR count). The summed E-state index contributed by atoms with van der Waals surface area (Å²) in [6.45, 7) is 10.5. The number of carbonyl (C=O) groups is 1. The molecule has 30 heavy (non-hydrogen) atoms. The molecule has 3 N–H and O–H groups in total. The number of carbonyl (C=O) groups excluding carboxylic acids is 1. The first-order valence-corrected chi connectivity index (χ1v) is 11.4. The molecule has 0 spiro atoms. The summed E-state index contributed by atoms with van der Waals surface area (Å²) in [4.78, 5) is 12.4. The molecule has 0 aliphatic heterocycles. The molecule has 0 bridgehead atoms. The number of hydrogen-bond acceptors (Lipinski definition) is 3. The molecule has 166 valence electrons. The normalized spacial score (nSPS) is 16.9. The van der Waals surface area contributed by atoms with E-state index in [1.807, 2.05) is 27.7 Å². The highest BCUT2D eigenvalue weighted by molar-refractivity contribution is 7.95. The maximum atomic E-state index is 14.3. The number of nitrogens with zero attached hydrogens (tertiary/aromatic N) is 1. The molecule has 0 heterocycles. The standard InChI is InChI=1S/C22H30F2N2O3S/c1-12(2)16-9-15(23)10-17(13(3)4)18(16)11-21(27)26-30(25,29)20-8-14(7-19(20)24)22(5,6)28/h7,9-10,12-13,28H,8,11H2,1-6H3,(H2,25,26,27,29)/t30-/m0/s1. The fourth-order valence-corrected chi connectivity index (χ4v) is 4.66. The summed E-state index contributed by atoms with van der Waals surface area (Å²) in [5.41, 5.74) is 0.955. The smallest absolute Gasteiger partial charge is 0.259 e. The lowest BCUT2D eigenvalue weighted by molar-refractivity contribution is -0.117. The highest BCUT2D eigenvalue weighted by Crippen LogP contribution is 2.36. The van der Waals surface area contributed by atoms with Crippen LogP contribution in [0.4, 0.5) is 8.78 Å². The quantitative estimate of drug-likeness (QED) is 0.668. The van der Waals surface area contributed by atoms with Crippen molar-refractivity contribution in [3.63, 3.8) is 0 Å². The predicted octanol–water partition coefficient (Wildman–Crippen LogP) is 4.77. The van der Waals surface area contributed by atoms with Gasteiger partial charge in [-0.25, -0.2) is 18.1 Å². The molecule has 1 atom stereocenters. The number of allylic oxidation sites excluding steroid dienone is 3. The number of nitrogens with two attached hydrogens (primary N) is 1. The van der Waals surface area contributed by atoms with Crippen LogP contribution in [0.25, 0.3) is 0 Å². The zero-order valence-corrected chi connectivity index (χ0v) is 19.1. The van der Waals surface area contributed by atoms with E-state index >= 15 is 0 Å². The molecule has 1 aromatic carbocycles. The van der Waals surface area contributed by atoms with E-state index in [1.54, 1.807) is 0 Å². The van der Waals surface area contributed by atoms with Crippen molar-refractivity contribution in [1.29, 1.82) is 0 Å². The van der Waals surface area contributed by atoms with Crippen molar-refractivity contribution in [2.24, 2.45) is 9.50 Å². The fourth-order valence-electron chi connectivity index (χ4n) is 3.48. The average Bonchev–Trinajstić information content (AvgIpc) is 2.98. The highest BCUT2D eigenvalue weighted by Gasteiger charge is 2.31. The lowest BCUT2D eigenvalue weighted by atomic mass is 9.87. The largest absolute Gasteiger partial charge is 0.386 e. The molecule has 1 aromatic rings. The van der Waals surface area contributed by atoms with Crippen LogP contribution < -0.4 is 5.14 Å². The summed E-state index contributed by atoms with van der Waals surface area (Å²) in [6.07, 6.45) is 0.707. The van der Waals surface area contributed by atoms with Crippen molar-refractivity contribution < 1.29 is 22.9 Å². The van der Waals surface area contributed by atoms with Crippen molar-refractivity contribution in [3.8, 4) is 0 Å². The number of halogens is 2. The van der Waals surface area contributed by atoms with Gasteiger partial charge in [0.1, 0.15) is 21.6 Å². The van der Waals surface area contributed by atoms with Crippen LogP contribution >= 0.6 is 0 Å². The van der Waals surface area contributed by atoms with Gasteiger partial charge >= 0.3 is 0 Å². The zero-order valence-electron chi connectivity index (χ0n) is 18.3. The molecule has 0 unspecified atom stereocenters. The SMILES string of the molecule is CC(C)c1cc(F)cc(C(C)C)c1CC(=O)N=[S@](N)(=O)C1=C(F)C=C(C(C)(C)O)C1.